The normalized spacial score (nSPS) is 10.6. The number of nitrogens with one attached hydrogen (secondary N) is 1. The van der Waals surface area contributed by atoms with Crippen molar-refractivity contribution in [2.24, 2.45) is 0 Å². The Morgan fingerprint density at radius 1 is 1.39 bits per heavy atom. The number of aromatic nitrogens is 1. The first-order valence-corrected chi connectivity index (χ1v) is 6.99. The highest BCUT2D eigenvalue weighted by Crippen LogP contribution is 2.16. The van der Waals surface area contributed by atoms with Gasteiger partial charge in [-0.15, -0.1) is 11.3 Å². The molecule has 18 heavy (non-hydrogen) atoms. The topological polar surface area (TPSA) is 34.1 Å². The van der Waals surface area contributed by atoms with Crippen molar-refractivity contribution >= 4 is 11.3 Å². The van der Waals surface area contributed by atoms with Crippen molar-refractivity contribution in [1.82, 2.24) is 10.3 Å². The standard InChI is InChI=1S/C14H18N2OS/c1-3-12-7-11(9-15-2)8-14(16-12)17-10-13-5-4-6-18-13/h4-8,15H,3,9-10H2,1-2H3. The molecule has 0 aliphatic rings. The molecule has 96 valence electrons. The van der Waals surface area contributed by atoms with Gasteiger partial charge >= 0.3 is 0 Å². The summed E-state index contributed by atoms with van der Waals surface area (Å²) in [5.74, 6) is 0.716. The molecular formula is C14H18N2OS. The molecule has 0 amide bonds. The zero-order valence-corrected chi connectivity index (χ0v) is 11.6. The zero-order valence-electron chi connectivity index (χ0n) is 10.8. The summed E-state index contributed by atoms with van der Waals surface area (Å²) in [4.78, 5) is 5.70. The molecule has 0 saturated carbocycles. The molecule has 1 N–H and O–H groups in total. The number of thiophene rings is 1. The van der Waals surface area contributed by atoms with E-state index in [-0.39, 0.29) is 0 Å². The van der Waals surface area contributed by atoms with Gasteiger partial charge in [0.15, 0.2) is 0 Å². The number of hydrogen-bond donors (Lipinski definition) is 1. The Hall–Kier alpha value is -1.39. The van der Waals surface area contributed by atoms with Gasteiger partial charge in [-0.1, -0.05) is 13.0 Å². The molecule has 2 rings (SSSR count). The second kappa shape index (κ2) is 6.52. The van der Waals surface area contributed by atoms with E-state index in [4.69, 9.17) is 4.74 Å². The summed E-state index contributed by atoms with van der Waals surface area (Å²) in [6, 6.07) is 8.23. The fourth-order valence-electron chi connectivity index (χ4n) is 1.72. The fourth-order valence-corrected chi connectivity index (χ4v) is 2.34. The maximum absolute atomic E-state index is 5.75. The van der Waals surface area contributed by atoms with E-state index in [1.54, 1.807) is 11.3 Å². The van der Waals surface area contributed by atoms with Gasteiger partial charge in [-0.25, -0.2) is 4.98 Å². The lowest BCUT2D eigenvalue weighted by Crippen LogP contribution is -2.07. The first kappa shape index (κ1) is 13.1. The number of hydrogen-bond acceptors (Lipinski definition) is 4. The van der Waals surface area contributed by atoms with Gasteiger partial charge in [0.25, 0.3) is 0 Å². The van der Waals surface area contributed by atoms with Gasteiger partial charge in [-0.05, 0) is 36.5 Å². The molecule has 0 aliphatic heterocycles. The van der Waals surface area contributed by atoms with Gasteiger partial charge in [-0.3, -0.25) is 0 Å². The summed E-state index contributed by atoms with van der Waals surface area (Å²) in [7, 11) is 1.94. The van der Waals surface area contributed by atoms with Crippen molar-refractivity contribution in [3.05, 3.63) is 45.8 Å². The van der Waals surface area contributed by atoms with Gasteiger partial charge < -0.3 is 10.1 Å². The molecule has 0 fully saturated rings. The molecular weight excluding hydrogens is 244 g/mol. The van der Waals surface area contributed by atoms with Crippen LogP contribution in [0.25, 0.3) is 0 Å². The highest BCUT2D eigenvalue weighted by molar-refractivity contribution is 7.09. The third-order valence-electron chi connectivity index (χ3n) is 2.60. The molecule has 0 atom stereocenters. The number of ether oxygens (including phenoxy) is 1. The molecule has 0 radical (unpaired) electrons. The number of pyridine rings is 1. The Bertz CT molecular complexity index is 483. The number of nitrogens with zero attached hydrogens (tertiary/aromatic N) is 1. The van der Waals surface area contributed by atoms with Crippen LogP contribution < -0.4 is 10.1 Å². The first-order chi connectivity index (χ1) is 8.81. The van der Waals surface area contributed by atoms with Gasteiger partial charge in [0.1, 0.15) is 6.61 Å². The first-order valence-electron chi connectivity index (χ1n) is 6.11. The largest absolute Gasteiger partial charge is 0.472 e. The molecule has 0 unspecified atom stereocenters. The molecule has 0 bridgehead atoms. The van der Waals surface area contributed by atoms with E-state index in [1.165, 1.54) is 10.4 Å². The van der Waals surface area contributed by atoms with Crippen LogP contribution in [0.1, 0.15) is 23.1 Å². The second-order valence-electron chi connectivity index (χ2n) is 4.06. The van der Waals surface area contributed by atoms with Gasteiger partial charge in [-0.2, -0.15) is 0 Å². The molecule has 0 aliphatic carbocycles. The van der Waals surface area contributed by atoms with Crippen molar-refractivity contribution in [1.29, 1.82) is 0 Å². The molecule has 0 spiro atoms. The third-order valence-corrected chi connectivity index (χ3v) is 3.45. The minimum Gasteiger partial charge on any atom is -0.472 e. The summed E-state index contributed by atoms with van der Waals surface area (Å²) in [6.45, 7) is 3.54. The second-order valence-corrected chi connectivity index (χ2v) is 5.09. The molecule has 4 heteroatoms. The van der Waals surface area contributed by atoms with Crippen molar-refractivity contribution in [3.63, 3.8) is 0 Å². The van der Waals surface area contributed by atoms with Gasteiger partial charge in [0.05, 0.1) is 0 Å². The van der Waals surface area contributed by atoms with Gasteiger partial charge in [0, 0.05) is 23.2 Å². The van der Waals surface area contributed by atoms with Crippen LogP contribution in [0, 0.1) is 0 Å². The van der Waals surface area contributed by atoms with E-state index in [2.05, 4.69) is 34.7 Å². The predicted octanol–water partition coefficient (Wildman–Crippen LogP) is 3.00. The van der Waals surface area contributed by atoms with Crippen LogP contribution in [-0.2, 0) is 19.6 Å². The highest BCUT2D eigenvalue weighted by Gasteiger charge is 2.03. The summed E-state index contributed by atoms with van der Waals surface area (Å²) >= 11 is 1.70. The maximum Gasteiger partial charge on any atom is 0.214 e. The van der Waals surface area contributed by atoms with Crippen LogP contribution in [0.4, 0.5) is 0 Å². The lowest BCUT2D eigenvalue weighted by Gasteiger charge is -2.08. The lowest BCUT2D eigenvalue weighted by atomic mass is 10.2. The van der Waals surface area contributed by atoms with Crippen molar-refractivity contribution < 1.29 is 4.74 Å². The molecule has 2 heterocycles. The summed E-state index contributed by atoms with van der Waals surface area (Å²) in [5.41, 5.74) is 2.29. The zero-order chi connectivity index (χ0) is 12.8. The monoisotopic (exact) mass is 262 g/mol. The van der Waals surface area contributed by atoms with E-state index in [0.29, 0.717) is 12.5 Å². The van der Waals surface area contributed by atoms with Crippen molar-refractivity contribution in [2.75, 3.05) is 7.05 Å². The van der Waals surface area contributed by atoms with E-state index in [1.807, 2.05) is 19.2 Å². The van der Waals surface area contributed by atoms with Crippen LogP contribution in [0.3, 0.4) is 0 Å². The average Bonchev–Trinajstić information content (AvgIpc) is 2.89. The van der Waals surface area contributed by atoms with E-state index < -0.39 is 0 Å². The minimum absolute atomic E-state index is 0.594. The lowest BCUT2D eigenvalue weighted by molar-refractivity contribution is 0.296. The smallest absolute Gasteiger partial charge is 0.214 e. The Balaban J connectivity index is 2.08. The predicted molar refractivity (Wildman–Crippen MR) is 75.0 cm³/mol. The Morgan fingerprint density at radius 3 is 2.94 bits per heavy atom. The average molecular weight is 262 g/mol. The molecule has 0 aromatic carbocycles. The van der Waals surface area contributed by atoms with Crippen LogP contribution >= 0.6 is 11.3 Å². The Kier molecular flexibility index (Phi) is 4.73. The van der Waals surface area contributed by atoms with Crippen LogP contribution in [0.5, 0.6) is 5.88 Å². The number of aryl methyl sites for hydroxylation is 1. The Labute approximate surface area is 112 Å². The quantitative estimate of drug-likeness (QED) is 0.869. The molecule has 2 aromatic rings. The highest BCUT2D eigenvalue weighted by atomic mass is 32.1. The van der Waals surface area contributed by atoms with Crippen LogP contribution in [-0.4, -0.2) is 12.0 Å². The van der Waals surface area contributed by atoms with Gasteiger partial charge in [0.2, 0.25) is 5.88 Å². The summed E-state index contributed by atoms with van der Waals surface area (Å²) < 4.78 is 5.75. The third kappa shape index (κ3) is 3.55. The summed E-state index contributed by atoms with van der Waals surface area (Å²) in [6.07, 6.45) is 0.924. The van der Waals surface area contributed by atoms with Crippen LogP contribution in [0.15, 0.2) is 29.6 Å². The van der Waals surface area contributed by atoms with E-state index in [9.17, 15) is 0 Å². The van der Waals surface area contributed by atoms with E-state index >= 15 is 0 Å². The molecule has 3 nitrogen and oxygen atoms in total. The Morgan fingerprint density at radius 2 is 2.28 bits per heavy atom. The molecule has 0 saturated heterocycles. The van der Waals surface area contributed by atoms with Crippen LogP contribution in [0.2, 0.25) is 0 Å². The van der Waals surface area contributed by atoms with Crippen molar-refractivity contribution in [2.45, 2.75) is 26.5 Å². The van der Waals surface area contributed by atoms with Crippen molar-refractivity contribution in [3.8, 4) is 5.88 Å². The minimum atomic E-state index is 0.594. The maximum atomic E-state index is 5.75. The van der Waals surface area contributed by atoms with E-state index in [0.717, 1.165) is 18.7 Å². The molecule has 2 aromatic heterocycles. The fraction of sp³-hybridized carbons (Fsp3) is 0.357. The number of rotatable bonds is 6. The SMILES string of the molecule is CCc1cc(CNC)cc(OCc2cccs2)n1. The summed E-state index contributed by atoms with van der Waals surface area (Å²) in [5, 5.41) is 5.21.